The van der Waals surface area contributed by atoms with Gasteiger partial charge in [-0.15, -0.1) is 0 Å². The third kappa shape index (κ3) is 3.86. The Morgan fingerprint density at radius 1 is 1.14 bits per heavy atom. The van der Waals surface area contributed by atoms with E-state index in [-0.39, 0.29) is 0 Å². The van der Waals surface area contributed by atoms with Gasteiger partial charge in [-0.1, -0.05) is 0 Å². The van der Waals surface area contributed by atoms with E-state index in [1.165, 1.54) is 58.7 Å². The smallest absolute Gasteiger partial charge is 0.153 e. The minimum atomic E-state index is 0.539. The molecule has 0 aromatic carbocycles. The second kappa shape index (κ2) is 7.06. The molecule has 1 atom stereocenters. The fourth-order valence-corrected chi connectivity index (χ4v) is 3.66. The van der Waals surface area contributed by atoms with Crippen LogP contribution in [0.1, 0.15) is 37.3 Å². The van der Waals surface area contributed by atoms with Gasteiger partial charge in [0, 0.05) is 44.7 Å². The maximum atomic E-state index is 4.51. The van der Waals surface area contributed by atoms with Crippen LogP contribution in [0.25, 0.3) is 0 Å². The fraction of sp³-hybridized carbons (Fsp3) is 0.875. The molecule has 6 heteroatoms. The summed E-state index contributed by atoms with van der Waals surface area (Å²) >= 11 is 0. The second-order valence-corrected chi connectivity index (χ2v) is 7.04. The van der Waals surface area contributed by atoms with Crippen molar-refractivity contribution < 1.29 is 0 Å². The zero-order valence-corrected chi connectivity index (χ0v) is 14.3. The third-order valence-corrected chi connectivity index (χ3v) is 5.25. The van der Waals surface area contributed by atoms with E-state index in [0.29, 0.717) is 12.0 Å². The molecule has 0 bridgehead atoms. The van der Waals surface area contributed by atoms with Crippen molar-refractivity contribution in [2.75, 3.05) is 52.9 Å². The molecule has 0 radical (unpaired) electrons. The first-order valence-electron chi connectivity index (χ1n) is 8.65. The highest BCUT2D eigenvalue weighted by Gasteiger charge is 2.27. The van der Waals surface area contributed by atoms with Crippen LogP contribution in [0.3, 0.4) is 0 Å². The highest BCUT2D eigenvalue weighted by Crippen LogP contribution is 2.26. The van der Waals surface area contributed by atoms with Gasteiger partial charge in [0.1, 0.15) is 5.82 Å². The van der Waals surface area contributed by atoms with E-state index in [2.05, 4.69) is 43.9 Å². The summed E-state index contributed by atoms with van der Waals surface area (Å²) in [4.78, 5) is 12.2. The van der Waals surface area contributed by atoms with E-state index in [9.17, 15) is 0 Å². The van der Waals surface area contributed by atoms with Crippen molar-refractivity contribution >= 4 is 0 Å². The molecule has 124 valence electrons. The van der Waals surface area contributed by atoms with E-state index in [1.807, 2.05) is 6.92 Å². The number of aromatic nitrogens is 3. The first kappa shape index (κ1) is 15.9. The molecular formula is C16H30N6. The number of nitrogens with zero attached hydrogens (tertiary/aromatic N) is 5. The van der Waals surface area contributed by atoms with Gasteiger partial charge in [-0.25, -0.2) is 4.98 Å². The summed E-state index contributed by atoms with van der Waals surface area (Å²) in [7, 11) is 2.22. The number of aromatic amines is 1. The number of piperidine rings is 1. The van der Waals surface area contributed by atoms with E-state index >= 15 is 0 Å². The van der Waals surface area contributed by atoms with Gasteiger partial charge in [-0.2, -0.15) is 5.10 Å². The minimum Gasteiger partial charge on any atom is -0.304 e. The van der Waals surface area contributed by atoms with Crippen LogP contribution in [-0.4, -0.2) is 88.8 Å². The maximum absolute atomic E-state index is 4.51. The summed E-state index contributed by atoms with van der Waals surface area (Å²) < 4.78 is 0. The van der Waals surface area contributed by atoms with Gasteiger partial charge in [-0.05, 0) is 46.8 Å². The number of likely N-dealkylation sites (N-methyl/N-ethyl adjacent to an activating group) is 1. The molecule has 0 saturated carbocycles. The van der Waals surface area contributed by atoms with Crippen molar-refractivity contribution in [2.24, 2.45) is 0 Å². The number of rotatable bonds is 4. The molecule has 22 heavy (non-hydrogen) atoms. The Morgan fingerprint density at radius 3 is 2.41 bits per heavy atom. The molecule has 0 spiro atoms. The van der Waals surface area contributed by atoms with Crippen LogP contribution in [0.2, 0.25) is 0 Å². The lowest BCUT2D eigenvalue weighted by molar-refractivity contribution is 0.0915. The summed E-state index contributed by atoms with van der Waals surface area (Å²) in [5.41, 5.74) is 0. The van der Waals surface area contributed by atoms with Crippen molar-refractivity contribution in [3.05, 3.63) is 11.6 Å². The predicted octanol–water partition coefficient (Wildman–Crippen LogP) is 0.928. The lowest BCUT2D eigenvalue weighted by Gasteiger charge is -2.39. The molecule has 2 aliphatic rings. The number of nitrogens with one attached hydrogen (secondary N) is 1. The molecule has 6 nitrogen and oxygen atoms in total. The molecular weight excluding hydrogens is 276 g/mol. The zero-order chi connectivity index (χ0) is 15.5. The molecule has 0 aliphatic carbocycles. The monoisotopic (exact) mass is 306 g/mol. The Labute approximate surface area is 133 Å². The summed E-state index contributed by atoms with van der Waals surface area (Å²) in [6, 6.07) is 0.651. The summed E-state index contributed by atoms with van der Waals surface area (Å²) in [6.45, 7) is 12.8. The molecule has 1 aromatic heterocycles. The zero-order valence-electron chi connectivity index (χ0n) is 14.3. The van der Waals surface area contributed by atoms with Crippen molar-refractivity contribution in [3.63, 3.8) is 0 Å². The van der Waals surface area contributed by atoms with Crippen LogP contribution in [0.5, 0.6) is 0 Å². The van der Waals surface area contributed by atoms with E-state index < -0.39 is 0 Å². The Kier molecular flexibility index (Phi) is 5.10. The van der Waals surface area contributed by atoms with Crippen LogP contribution in [0.15, 0.2) is 0 Å². The average Bonchev–Trinajstić information content (AvgIpc) is 2.96. The molecule has 3 heterocycles. The van der Waals surface area contributed by atoms with E-state index in [0.717, 1.165) is 11.6 Å². The summed E-state index contributed by atoms with van der Waals surface area (Å²) in [5, 5.41) is 7.31. The first-order chi connectivity index (χ1) is 10.6. The number of aryl methyl sites for hydroxylation is 1. The lowest BCUT2D eigenvalue weighted by atomic mass is 9.95. The van der Waals surface area contributed by atoms with Crippen molar-refractivity contribution in [2.45, 2.75) is 38.6 Å². The SMILES string of the molecule is Cc1nc(C2CCN(C(C)CN3CCN(C)CC3)CC2)n[nH]1. The molecule has 2 saturated heterocycles. The van der Waals surface area contributed by atoms with Gasteiger partial charge in [0.2, 0.25) is 0 Å². The molecule has 3 rings (SSSR count). The highest BCUT2D eigenvalue weighted by molar-refractivity contribution is 4.99. The van der Waals surface area contributed by atoms with Gasteiger partial charge in [0.05, 0.1) is 0 Å². The van der Waals surface area contributed by atoms with Gasteiger partial charge in [-0.3, -0.25) is 14.9 Å². The van der Waals surface area contributed by atoms with Gasteiger partial charge >= 0.3 is 0 Å². The first-order valence-corrected chi connectivity index (χ1v) is 8.65. The highest BCUT2D eigenvalue weighted by atomic mass is 15.3. The molecule has 2 aliphatic heterocycles. The van der Waals surface area contributed by atoms with Crippen molar-refractivity contribution in [3.8, 4) is 0 Å². The average molecular weight is 306 g/mol. The topological polar surface area (TPSA) is 51.3 Å². The number of hydrogen-bond donors (Lipinski definition) is 1. The Morgan fingerprint density at radius 2 is 1.82 bits per heavy atom. The molecule has 1 aromatic rings. The van der Waals surface area contributed by atoms with Crippen LogP contribution in [0, 0.1) is 6.92 Å². The quantitative estimate of drug-likeness (QED) is 0.897. The maximum Gasteiger partial charge on any atom is 0.153 e. The van der Waals surface area contributed by atoms with Crippen LogP contribution in [-0.2, 0) is 0 Å². The predicted molar refractivity (Wildman–Crippen MR) is 88.1 cm³/mol. The minimum absolute atomic E-state index is 0.539. The van der Waals surface area contributed by atoms with E-state index in [1.54, 1.807) is 0 Å². The molecule has 0 amide bonds. The Hall–Kier alpha value is -0.980. The van der Waals surface area contributed by atoms with Crippen molar-refractivity contribution in [1.29, 1.82) is 0 Å². The lowest BCUT2D eigenvalue weighted by Crippen LogP contribution is -2.51. The largest absolute Gasteiger partial charge is 0.304 e. The van der Waals surface area contributed by atoms with Crippen molar-refractivity contribution in [1.82, 2.24) is 29.9 Å². The normalized spacial score (nSPS) is 24.7. The second-order valence-electron chi connectivity index (χ2n) is 7.04. The summed E-state index contributed by atoms with van der Waals surface area (Å²) in [5.74, 6) is 2.49. The molecule has 1 unspecified atom stereocenters. The van der Waals surface area contributed by atoms with Crippen LogP contribution >= 0.6 is 0 Å². The van der Waals surface area contributed by atoms with Gasteiger partial charge in [0.15, 0.2) is 5.82 Å². The standard InChI is InChI=1S/C16H30N6/c1-13(12-21-10-8-20(3)9-11-21)22-6-4-15(5-7-22)16-17-14(2)18-19-16/h13,15H,4-12H2,1-3H3,(H,17,18,19). The van der Waals surface area contributed by atoms with E-state index in [4.69, 9.17) is 0 Å². The fourth-order valence-electron chi connectivity index (χ4n) is 3.66. The third-order valence-electron chi connectivity index (χ3n) is 5.25. The number of likely N-dealkylation sites (tertiary alicyclic amines) is 1. The number of piperazine rings is 1. The van der Waals surface area contributed by atoms with Gasteiger partial charge < -0.3 is 4.90 Å². The number of hydrogen-bond acceptors (Lipinski definition) is 5. The Bertz CT molecular complexity index is 457. The van der Waals surface area contributed by atoms with Crippen LogP contribution in [0.4, 0.5) is 0 Å². The Balaban J connectivity index is 1.44. The van der Waals surface area contributed by atoms with Gasteiger partial charge in [0.25, 0.3) is 0 Å². The number of H-pyrrole nitrogens is 1. The molecule has 1 N–H and O–H groups in total. The van der Waals surface area contributed by atoms with Crippen LogP contribution < -0.4 is 0 Å². The summed E-state index contributed by atoms with van der Waals surface area (Å²) in [6.07, 6.45) is 2.37. The molecule has 2 fully saturated rings.